The number of halogens is 2. The van der Waals surface area contributed by atoms with Gasteiger partial charge in [0, 0.05) is 23.2 Å². The average molecular weight is 467 g/mol. The number of aromatic nitrogens is 2. The minimum atomic E-state index is -1.51. The van der Waals surface area contributed by atoms with E-state index in [4.69, 9.17) is 11.6 Å². The molecule has 4 aromatic rings. The number of fused-ring (bicyclic) bond motifs is 1. The van der Waals surface area contributed by atoms with E-state index in [1.165, 1.54) is 35.0 Å². The molecule has 33 heavy (non-hydrogen) atoms. The van der Waals surface area contributed by atoms with Crippen LogP contribution in [0.2, 0.25) is 5.02 Å². The van der Waals surface area contributed by atoms with E-state index >= 15 is 0 Å². The number of aromatic hydroxyl groups is 1. The Morgan fingerprint density at radius 1 is 1.03 bits per heavy atom. The summed E-state index contributed by atoms with van der Waals surface area (Å²) < 4.78 is 15.0. The highest BCUT2D eigenvalue weighted by Crippen LogP contribution is 2.34. The van der Waals surface area contributed by atoms with E-state index in [0.29, 0.717) is 21.9 Å². The van der Waals surface area contributed by atoms with Crippen LogP contribution in [0.4, 0.5) is 9.18 Å². The Bertz CT molecular complexity index is 1490. The first-order chi connectivity index (χ1) is 15.8. The molecular formula is C23H16ClFN4O4. The first kappa shape index (κ1) is 20.8. The number of amides is 3. The van der Waals surface area contributed by atoms with Gasteiger partial charge in [0.05, 0.1) is 6.54 Å². The highest BCUT2D eigenvalue weighted by molar-refractivity contribution is 6.30. The Labute approximate surface area is 190 Å². The summed E-state index contributed by atoms with van der Waals surface area (Å²) in [5, 5.41) is 16.5. The summed E-state index contributed by atoms with van der Waals surface area (Å²) >= 11 is 5.91. The number of hydrogen-bond acceptors (Lipinski definition) is 4. The molecule has 0 aliphatic carbocycles. The zero-order valence-electron chi connectivity index (χ0n) is 16.9. The molecule has 5 rings (SSSR count). The van der Waals surface area contributed by atoms with Crippen molar-refractivity contribution in [2.75, 3.05) is 0 Å². The molecule has 3 heterocycles. The lowest BCUT2D eigenvalue weighted by molar-refractivity contribution is -0.124. The van der Waals surface area contributed by atoms with Gasteiger partial charge in [0.1, 0.15) is 10.8 Å². The van der Waals surface area contributed by atoms with Crippen LogP contribution in [0.15, 0.2) is 65.7 Å². The quantitative estimate of drug-likeness (QED) is 0.345. The van der Waals surface area contributed by atoms with E-state index in [0.717, 1.165) is 5.56 Å². The molecule has 0 radical (unpaired) electrons. The number of carbonyl (C=O) groups excluding carboxylic acids is 2. The van der Waals surface area contributed by atoms with Crippen molar-refractivity contribution in [3.05, 3.63) is 87.7 Å². The van der Waals surface area contributed by atoms with Crippen molar-refractivity contribution >= 4 is 34.3 Å². The highest BCUT2D eigenvalue weighted by Gasteiger charge is 2.48. The average Bonchev–Trinajstić information content (AvgIpc) is 3.25. The maximum Gasteiger partial charge on any atom is 0.322 e. The van der Waals surface area contributed by atoms with Gasteiger partial charge in [-0.15, -0.1) is 0 Å². The first-order valence-corrected chi connectivity index (χ1v) is 10.2. The molecule has 1 fully saturated rings. The number of pyridine rings is 1. The van der Waals surface area contributed by atoms with Crippen LogP contribution in [0, 0.1) is 5.82 Å². The van der Waals surface area contributed by atoms with E-state index in [1.807, 2.05) is 0 Å². The van der Waals surface area contributed by atoms with Crippen molar-refractivity contribution in [2.24, 2.45) is 0 Å². The van der Waals surface area contributed by atoms with Gasteiger partial charge in [-0.2, -0.15) is 0 Å². The molecule has 1 atom stereocenters. The highest BCUT2D eigenvalue weighted by atomic mass is 35.5. The SMILES string of the molecule is O=C1NC(=O)[C@](Cn2cc3ccc(F)cc3c2O)(c2ccc(-c3c[nH]c(=O)c(Cl)c3)cc2)N1. The first-order valence-electron chi connectivity index (χ1n) is 9.87. The van der Waals surface area contributed by atoms with Gasteiger partial charge in [0.2, 0.25) is 0 Å². The fourth-order valence-corrected chi connectivity index (χ4v) is 4.23. The molecule has 166 valence electrons. The molecule has 2 aromatic carbocycles. The second-order valence-corrected chi connectivity index (χ2v) is 8.18. The molecule has 0 unspecified atom stereocenters. The van der Waals surface area contributed by atoms with E-state index < -0.39 is 28.9 Å². The Hall–Kier alpha value is -4.11. The van der Waals surface area contributed by atoms with Crippen LogP contribution >= 0.6 is 11.6 Å². The van der Waals surface area contributed by atoms with Crippen molar-refractivity contribution < 1.29 is 19.1 Å². The number of aromatic amines is 1. The predicted molar refractivity (Wildman–Crippen MR) is 119 cm³/mol. The standard InChI is InChI=1S/C23H16ClFN4O4/c24-18-7-14(9-26-19(18)30)12-1-4-15(5-2-12)23(21(32)27-22(33)28-23)11-29-10-13-3-6-16(25)8-17(13)20(29)31/h1-10,31H,11H2,(H,26,30)(H2,27,28,32,33)/t23-/m0/s1. The Morgan fingerprint density at radius 2 is 1.79 bits per heavy atom. The van der Waals surface area contributed by atoms with Crippen molar-refractivity contribution in [2.45, 2.75) is 12.1 Å². The number of rotatable bonds is 4. The molecular weight excluding hydrogens is 451 g/mol. The van der Waals surface area contributed by atoms with Gasteiger partial charge in [0.25, 0.3) is 11.5 Å². The lowest BCUT2D eigenvalue weighted by atomic mass is 9.88. The monoisotopic (exact) mass is 466 g/mol. The lowest BCUT2D eigenvalue weighted by Gasteiger charge is -2.27. The van der Waals surface area contributed by atoms with E-state index in [9.17, 15) is 23.9 Å². The van der Waals surface area contributed by atoms with Crippen LogP contribution in [0.5, 0.6) is 5.88 Å². The minimum Gasteiger partial charge on any atom is -0.494 e. The summed E-state index contributed by atoms with van der Waals surface area (Å²) in [5.41, 5.74) is -0.0598. The van der Waals surface area contributed by atoms with E-state index in [1.54, 1.807) is 30.5 Å². The second kappa shape index (κ2) is 7.49. The van der Waals surface area contributed by atoms with Gasteiger partial charge >= 0.3 is 6.03 Å². The molecule has 1 aliphatic rings. The van der Waals surface area contributed by atoms with Gasteiger partial charge in [-0.3, -0.25) is 14.9 Å². The van der Waals surface area contributed by atoms with Gasteiger partial charge in [-0.25, -0.2) is 9.18 Å². The van der Waals surface area contributed by atoms with Gasteiger partial charge in [-0.05, 0) is 41.0 Å². The van der Waals surface area contributed by atoms with Crippen LogP contribution in [0.3, 0.4) is 0 Å². The fourth-order valence-electron chi connectivity index (χ4n) is 4.06. The number of H-pyrrole nitrogens is 1. The maximum atomic E-state index is 13.6. The van der Waals surface area contributed by atoms with E-state index in [2.05, 4.69) is 15.6 Å². The topological polar surface area (TPSA) is 116 Å². The molecule has 0 bridgehead atoms. The zero-order valence-corrected chi connectivity index (χ0v) is 17.6. The number of nitrogens with one attached hydrogen (secondary N) is 3. The van der Waals surface area contributed by atoms with Crippen molar-refractivity contribution in [3.8, 4) is 17.0 Å². The molecule has 4 N–H and O–H groups in total. The molecule has 1 aliphatic heterocycles. The zero-order chi connectivity index (χ0) is 23.3. The van der Waals surface area contributed by atoms with Gasteiger partial charge < -0.3 is 20.0 Å². The lowest BCUT2D eigenvalue weighted by Crippen LogP contribution is -2.47. The number of imide groups is 1. The normalized spacial score (nSPS) is 17.9. The number of benzene rings is 2. The second-order valence-electron chi connectivity index (χ2n) is 7.77. The van der Waals surface area contributed by atoms with Crippen molar-refractivity contribution in [1.29, 1.82) is 0 Å². The van der Waals surface area contributed by atoms with Crippen LogP contribution in [0.25, 0.3) is 21.9 Å². The van der Waals surface area contributed by atoms with Crippen molar-refractivity contribution in [1.82, 2.24) is 20.2 Å². The Balaban J connectivity index is 1.57. The van der Waals surface area contributed by atoms with Crippen LogP contribution in [-0.4, -0.2) is 26.6 Å². The summed E-state index contributed by atoms with van der Waals surface area (Å²) in [6.07, 6.45) is 3.10. The minimum absolute atomic E-state index is 0.0436. The molecule has 1 saturated heterocycles. The Morgan fingerprint density at radius 3 is 2.45 bits per heavy atom. The van der Waals surface area contributed by atoms with Gasteiger partial charge in [0.15, 0.2) is 11.4 Å². The molecule has 8 nitrogen and oxygen atoms in total. The third kappa shape index (κ3) is 3.42. The van der Waals surface area contributed by atoms with Crippen molar-refractivity contribution in [3.63, 3.8) is 0 Å². The summed E-state index contributed by atoms with van der Waals surface area (Å²) in [6, 6.07) is 11.6. The summed E-state index contributed by atoms with van der Waals surface area (Å²) in [7, 11) is 0. The van der Waals surface area contributed by atoms with Gasteiger partial charge in [-0.1, -0.05) is 35.9 Å². The maximum absolute atomic E-state index is 13.6. The number of hydrogen-bond donors (Lipinski definition) is 4. The smallest absolute Gasteiger partial charge is 0.322 e. The summed E-state index contributed by atoms with van der Waals surface area (Å²) in [4.78, 5) is 39.1. The van der Waals surface area contributed by atoms with Crippen LogP contribution < -0.4 is 16.2 Å². The molecule has 10 heteroatoms. The molecule has 3 amide bonds. The molecule has 2 aromatic heterocycles. The predicted octanol–water partition coefficient (Wildman–Crippen LogP) is 3.23. The summed E-state index contributed by atoms with van der Waals surface area (Å²) in [6.45, 7) is -0.128. The third-order valence-corrected chi connectivity index (χ3v) is 6.02. The van der Waals surface area contributed by atoms with Crippen LogP contribution in [0.1, 0.15) is 5.56 Å². The number of nitrogens with zero attached hydrogens (tertiary/aromatic N) is 1. The van der Waals surface area contributed by atoms with E-state index in [-0.39, 0.29) is 17.4 Å². The van der Waals surface area contributed by atoms with Crippen LogP contribution in [-0.2, 0) is 16.9 Å². The molecule has 0 saturated carbocycles. The summed E-state index contributed by atoms with van der Waals surface area (Å²) in [5.74, 6) is -1.32. The fraction of sp³-hybridized carbons (Fsp3) is 0.0870. The Kier molecular flexibility index (Phi) is 4.71. The third-order valence-electron chi connectivity index (χ3n) is 5.74. The molecule has 0 spiro atoms. The number of carbonyl (C=O) groups is 2. The largest absolute Gasteiger partial charge is 0.494 e. The number of urea groups is 1.